The largest absolute Gasteiger partial charge is 0.346 e. The van der Waals surface area contributed by atoms with Gasteiger partial charge in [-0.25, -0.2) is 0 Å². The molecular weight excluding hydrogens is 550 g/mol. The maximum atomic E-state index is 14.1. The van der Waals surface area contributed by atoms with Crippen molar-refractivity contribution in [3.63, 3.8) is 0 Å². The number of carbonyl (C=O) groups is 2. The third-order valence-electron chi connectivity index (χ3n) is 9.22. The fourth-order valence-corrected chi connectivity index (χ4v) is 6.73. The van der Waals surface area contributed by atoms with Gasteiger partial charge in [0.05, 0.1) is 25.0 Å². The predicted molar refractivity (Wildman–Crippen MR) is 170 cm³/mol. The van der Waals surface area contributed by atoms with Crippen LogP contribution in [-0.2, 0) is 40.8 Å². The van der Waals surface area contributed by atoms with Crippen molar-refractivity contribution in [3.05, 3.63) is 82.4 Å². The molecule has 3 aromatic rings. The lowest BCUT2D eigenvalue weighted by molar-refractivity contribution is -0.131. The zero-order chi connectivity index (χ0) is 31.4. The second-order valence-electron chi connectivity index (χ2n) is 14.9. The topological polar surface area (TPSA) is 107 Å². The molecule has 0 unspecified atom stereocenters. The van der Waals surface area contributed by atoms with Crippen molar-refractivity contribution in [3.8, 4) is 0 Å². The fourth-order valence-electron chi connectivity index (χ4n) is 6.73. The van der Waals surface area contributed by atoms with E-state index in [2.05, 4.69) is 73.8 Å². The molecule has 44 heavy (non-hydrogen) atoms. The van der Waals surface area contributed by atoms with Crippen LogP contribution in [-0.4, -0.2) is 48.9 Å². The first-order chi connectivity index (χ1) is 20.7. The number of nitrogens with zero attached hydrogens (tertiary/aromatic N) is 5. The predicted octanol–water partition coefficient (Wildman–Crippen LogP) is 5.48. The molecule has 9 heteroatoms. The molecular formula is C35H45N7O2. The van der Waals surface area contributed by atoms with Gasteiger partial charge in [-0.3, -0.25) is 19.9 Å². The molecule has 3 aliphatic rings. The van der Waals surface area contributed by atoms with E-state index in [1.165, 1.54) is 17.7 Å². The lowest BCUT2D eigenvalue weighted by atomic mass is 9.80. The molecule has 2 fully saturated rings. The van der Waals surface area contributed by atoms with Crippen LogP contribution in [0.2, 0.25) is 0 Å². The zero-order valence-corrected chi connectivity index (χ0v) is 26.9. The second-order valence-corrected chi connectivity index (χ2v) is 14.9. The van der Waals surface area contributed by atoms with Gasteiger partial charge in [0.2, 0.25) is 5.91 Å². The monoisotopic (exact) mass is 595 g/mol. The normalized spacial score (nSPS) is 20.9. The van der Waals surface area contributed by atoms with E-state index in [1.54, 1.807) is 0 Å². The highest BCUT2D eigenvalue weighted by atomic mass is 16.2. The van der Waals surface area contributed by atoms with Crippen LogP contribution in [0.1, 0.15) is 106 Å². The van der Waals surface area contributed by atoms with E-state index in [4.69, 9.17) is 5.41 Å². The Morgan fingerprint density at radius 1 is 1.00 bits per heavy atom. The molecule has 1 aromatic heterocycles. The minimum Gasteiger partial charge on any atom is -0.346 e. The Labute approximate surface area is 260 Å². The molecule has 1 aliphatic carbocycles. The third-order valence-corrected chi connectivity index (χ3v) is 9.22. The van der Waals surface area contributed by atoms with Gasteiger partial charge in [0, 0.05) is 24.1 Å². The number of carbonyl (C=O) groups excluding carboxylic acids is 2. The molecule has 0 spiro atoms. The molecule has 0 bridgehead atoms. The molecule has 6 rings (SSSR count). The van der Waals surface area contributed by atoms with Crippen LogP contribution in [0.5, 0.6) is 0 Å². The highest BCUT2D eigenvalue weighted by molar-refractivity contribution is 5.99. The number of nitrogens with one attached hydrogen (secondary N) is 2. The van der Waals surface area contributed by atoms with Crippen LogP contribution in [0.25, 0.3) is 0 Å². The van der Waals surface area contributed by atoms with E-state index in [0.717, 1.165) is 34.8 Å². The van der Waals surface area contributed by atoms with Crippen molar-refractivity contribution in [1.82, 2.24) is 29.9 Å². The first kappa shape index (κ1) is 30.0. The Kier molecular flexibility index (Phi) is 7.41. The molecule has 9 nitrogen and oxygen atoms in total. The van der Waals surface area contributed by atoms with E-state index in [1.807, 2.05) is 41.3 Å². The average Bonchev–Trinajstić information content (AvgIpc) is 3.67. The molecule has 2 N–H and O–H groups in total. The van der Waals surface area contributed by atoms with Gasteiger partial charge in [-0.15, -0.1) is 10.2 Å². The van der Waals surface area contributed by atoms with Gasteiger partial charge in [0.25, 0.3) is 5.91 Å². The Hall–Kier alpha value is -4.01. The molecule has 1 saturated carbocycles. The van der Waals surface area contributed by atoms with E-state index in [0.29, 0.717) is 37.5 Å². The van der Waals surface area contributed by atoms with Crippen molar-refractivity contribution >= 4 is 17.8 Å². The molecule has 1 saturated heterocycles. The van der Waals surface area contributed by atoms with Crippen molar-refractivity contribution in [2.24, 2.45) is 5.92 Å². The summed E-state index contributed by atoms with van der Waals surface area (Å²) in [5, 5.41) is 21.3. The van der Waals surface area contributed by atoms with Crippen LogP contribution in [0.4, 0.5) is 0 Å². The Morgan fingerprint density at radius 3 is 2.36 bits per heavy atom. The Bertz CT molecular complexity index is 1570. The lowest BCUT2D eigenvalue weighted by Gasteiger charge is -2.43. The zero-order valence-electron chi connectivity index (χ0n) is 26.9. The van der Waals surface area contributed by atoms with Crippen LogP contribution in [0.15, 0.2) is 48.5 Å². The summed E-state index contributed by atoms with van der Waals surface area (Å²) in [4.78, 5) is 31.2. The van der Waals surface area contributed by atoms with Crippen LogP contribution in [0.3, 0.4) is 0 Å². The molecule has 2 aliphatic heterocycles. The lowest BCUT2D eigenvalue weighted by Crippen LogP contribution is -2.60. The number of hydrogen-bond acceptors (Lipinski definition) is 5. The van der Waals surface area contributed by atoms with Crippen molar-refractivity contribution < 1.29 is 9.59 Å². The second kappa shape index (κ2) is 10.9. The molecule has 2 amide bonds. The first-order valence-electron chi connectivity index (χ1n) is 15.8. The van der Waals surface area contributed by atoms with E-state index in [-0.39, 0.29) is 35.1 Å². The Morgan fingerprint density at radius 2 is 1.73 bits per heavy atom. The minimum absolute atomic E-state index is 0.0472. The first-order valence-corrected chi connectivity index (χ1v) is 15.8. The summed E-state index contributed by atoms with van der Waals surface area (Å²) in [6.45, 7) is 14.6. The van der Waals surface area contributed by atoms with Crippen molar-refractivity contribution in [1.29, 1.82) is 5.41 Å². The van der Waals surface area contributed by atoms with Gasteiger partial charge in [-0.1, -0.05) is 96.8 Å². The number of benzene rings is 2. The highest BCUT2D eigenvalue weighted by Crippen LogP contribution is 2.44. The number of hydrogen-bond donors (Lipinski definition) is 2. The average molecular weight is 596 g/mol. The van der Waals surface area contributed by atoms with E-state index in [9.17, 15) is 9.59 Å². The number of rotatable bonds is 6. The number of guanidine groups is 1. The highest BCUT2D eigenvalue weighted by Gasteiger charge is 2.46. The van der Waals surface area contributed by atoms with Crippen molar-refractivity contribution in [2.75, 3.05) is 6.54 Å². The quantitative estimate of drug-likeness (QED) is 0.392. The van der Waals surface area contributed by atoms with Crippen molar-refractivity contribution in [2.45, 2.75) is 103 Å². The smallest absolute Gasteiger partial charge is 0.254 e. The van der Waals surface area contributed by atoms with Crippen LogP contribution >= 0.6 is 0 Å². The van der Waals surface area contributed by atoms with Gasteiger partial charge < -0.3 is 14.8 Å². The van der Waals surface area contributed by atoms with Crippen LogP contribution < -0.4 is 5.32 Å². The fraction of sp³-hybridized carbons (Fsp3) is 0.514. The number of amides is 2. The summed E-state index contributed by atoms with van der Waals surface area (Å²) in [5.41, 5.74) is 2.52. The SMILES string of the molecule is CC(C)(C)c1ccc(CN2C(=N)N[C@](CC3CC3)(c3ccccc3)CC2=O)cc1C(=O)N1CCn2c(nnc2C(C)(C)C)C1. The summed E-state index contributed by atoms with van der Waals surface area (Å²) in [5.74, 6) is 2.31. The molecule has 2 aromatic carbocycles. The maximum absolute atomic E-state index is 14.1. The number of fused-ring (bicyclic) bond motifs is 1. The summed E-state index contributed by atoms with van der Waals surface area (Å²) in [6, 6.07) is 16.0. The number of aromatic nitrogens is 3. The molecule has 232 valence electrons. The third kappa shape index (κ3) is 5.76. The molecule has 3 heterocycles. The summed E-state index contributed by atoms with van der Waals surface area (Å²) in [7, 11) is 0. The molecule has 0 radical (unpaired) electrons. The van der Waals surface area contributed by atoms with E-state index < -0.39 is 5.54 Å². The maximum Gasteiger partial charge on any atom is 0.254 e. The standard InChI is InChI=1S/C35H45N7O2/c1-33(2,3)27-15-14-24(18-26(27)30(44)40-16-17-41-28(22-40)38-39-31(41)34(4,5)6)21-42-29(43)20-35(37-32(42)36,19-23-12-13-23)25-10-8-7-9-11-25/h7-11,14-15,18,23H,12-13,16-17,19-22H2,1-6H3,(H2,36,37)/t35-/m0/s1. The van der Waals surface area contributed by atoms with Gasteiger partial charge in [0.15, 0.2) is 11.8 Å². The van der Waals surface area contributed by atoms with Gasteiger partial charge in [-0.05, 0) is 40.5 Å². The molecule has 1 atom stereocenters. The van der Waals surface area contributed by atoms with Gasteiger partial charge in [0.1, 0.15) is 5.82 Å². The summed E-state index contributed by atoms with van der Waals surface area (Å²) in [6.07, 6.45) is 3.49. The van der Waals surface area contributed by atoms with E-state index >= 15 is 0 Å². The minimum atomic E-state index is -0.564. The van der Waals surface area contributed by atoms with Gasteiger partial charge >= 0.3 is 0 Å². The summed E-state index contributed by atoms with van der Waals surface area (Å²) < 4.78 is 2.14. The Balaban J connectivity index is 1.25. The van der Waals surface area contributed by atoms with Gasteiger partial charge in [-0.2, -0.15) is 0 Å². The summed E-state index contributed by atoms with van der Waals surface area (Å²) >= 11 is 0. The van der Waals surface area contributed by atoms with Crippen LogP contribution in [0, 0.1) is 11.3 Å².